The van der Waals surface area contributed by atoms with Gasteiger partial charge in [0.25, 0.3) is 0 Å². The first-order chi connectivity index (χ1) is 7.38. The summed E-state index contributed by atoms with van der Waals surface area (Å²) in [6.07, 6.45) is 3.26. The fourth-order valence-corrected chi connectivity index (χ4v) is 4.43. The molecular weight excluding hydrogens is 222 g/mol. The van der Waals surface area contributed by atoms with Gasteiger partial charge in [-0.15, -0.1) is 0 Å². The highest BCUT2D eigenvalue weighted by atomic mass is 32.2. The fraction of sp³-hybridized carbons (Fsp3) is 1.00. The number of nitrogens with two attached hydrogens (primary N) is 1. The molecular formula is C12H27NO2S. The molecule has 98 valence electrons. The highest BCUT2D eigenvalue weighted by Gasteiger charge is 2.30. The van der Waals surface area contributed by atoms with Crippen LogP contribution in [0, 0.1) is 5.92 Å². The predicted octanol–water partition coefficient (Wildman–Crippen LogP) is 2.35. The van der Waals surface area contributed by atoms with Crippen LogP contribution in [-0.4, -0.2) is 25.5 Å². The van der Waals surface area contributed by atoms with Crippen molar-refractivity contribution in [3.8, 4) is 0 Å². The van der Waals surface area contributed by atoms with Crippen molar-refractivity contribution in [3.05, 3.63) is 0 Å². The third kappa shape index (κ3) is 4.83. The first kappa shape index (κ1) is 15.9. The minimum absolute atomic E-state index is 0.205. The van der Waals surface area contributed by atoms with Crippen LogP contribution in [0.5, 0.6) is 0 Å². The molecule has 0 fully saturated rings. The van der Waals surface area contributed by atoms with Crippen molar-refractivity contribution in [1.82, 2.24) is 0 Å². The second-order valence-electron chi connectivity index (χ2n) is 4.74. The van der Waals surface area contributed by atoms with Gasteiger partial charge in [-0.2, -0.15) is 0 Å². The standard InChI is InChI=1S/C12H27NO2S/c1-5-8-11(13)12(7-3)16(14,15)9-10(4)6-2/h10-12H,5-9,13H2,1-4H3. The maximum Gasteiger partial charge on any atom is 0.154 e. The second-order valence-corrected chi connectivity index (χ2v) is 7.01. The van der Waals surface area contributed by atoms with E-state index < -0.39 is 9.84 Å². The lowest BCUT2D eigenvalue weighted by Gasteiger charge is -2.23. The molecule has 0 aliphatic heterocycles. The molecule has 0 heterocycles. The summed E-state index contributed by atoms with van der Waals surface area (Å²) >= 11 is 0. The molecule has 0 amide bonds. The monoisotopic (exact) mass is 249 g/mol. The van der Waals surface area contributed by atoms with Gasteiger partial charge >= 0.3 is 0 Å². The van der Waals surface area contributed by atoms with Crippen LogP contribution in [0.4, 0.5) is 0 Å². The molecule has 0 radical (unpaired) electrons. The molecule has 0 aliphatic carbocycles. The minimum atomic E-state index is -3.03. The van der Waals surface area contributed by atoms with Gasteiger partial charge in [-0.1, -0.05) is 40.5 Å². The molecule has 3 atom stereocenters. The second kappa shape index (κ2) is 7.28. The van der Waals surface area contributed by atoms with Crippen LogP contribution < -0.4 is 5.73 Å². The van der Waals surface area contributed by atoms with E-state index in [0.29, 0.717) is 6.42 Å². The van der Waals surface area contributed by atoms with E-state index in [1.54, 1.807) is 0 Å². The summed E-state index contributed by atoms with van der Waals surface area (Å²) in [6, 6.07) is -0.205. The van der Waals surface area contributed by atoms with Crippen LogP contribution in [-0.2, 0) is 9.84 Å². The van der Waals surface area contributed by atoms with Crippen LogP contribution >= 0.6 is 0 Å². The molecule has 16 heavy (non-hydrogen) atoms. The number of hydrogen-bond donors (Lipinski definition) is 1. The van der Waals surface area contributed by atoms with Gasteiger partial charge in [0.15, 0.2) is 9.84 Å². The highest BCUT2D eigenvalue weighted by Crippen LogP contribution is 2.17. The molecule has 0 rings (SSSR count). The third-order valence-electron chi connectivity index (χ3n) is 3.18. The van der Waals surface area contributed by atoms with Crippen molar-refractivity contribution >= 4 is 9.84 Å². The van der Waals surface area contributed by atoms with Crippen molar-refractivity contribution in [3.63, 3.8) is 0 Å². The number of sulfone groups is 1. The first-order valence-corrected chi connectivity index (χ1v) is 8.07. The van der Waals surface area contributed by atoms with Gasteiger partial charge in [0.1, 0.15) is 0 Å². The number of hydrogen-bond acceptors (Lipinski definition) is 3. The van der Waals surface area contributed by atoms with E-state index in [0.717, 1.165) is 19.3 Å². The number of rotatable bonds is 8. The van der Waals surface area contributed by atoms with Gasteiger partial charge in [-0.05, 0) is 18.8 Å². The average molecular weight is 249 g/mol. The smallest absolute Gasteiger partial charge is 0.154 e. The molecule has 0 bridgehead atoms. The lowest BCUT2D eigenvalue weighted by Crippen LogP contribution is -2.42. The Morgan fingerprint density at radius 1 is 1.12 bits per heavy atom. The Hall–Kier alpha value is -0.0900. The van der Waals surface area contributed by atoms with Crippen LogP contribution in [0.2, 0.25) is 0 Å². The lowest BCUT2D eigenvalue weighted by atomic mass is 10.1. The zero-order chi connectivity index (χ0) is 12.8. The zero-order valence-electron chi connectivity index (χ0n) is 11.1. The molecule has 0 aromatic carbocycles. The Balaban J connectivity index is 4.67. The largest absolute Gasteiger partial charge is 0.327 e. The Kier molecular flexibility index (Phi) is 7.24. The first-order valence-electron chi connectivity index (χ1n) is 6.36. The van der Waals surface area contributed by atoms with Crippen molar-refractivity contribution in [2.24, 2.45) is 11.7 Å². The normalized spacial score (nSPS) is 18.1. The molecule has 0 saturated carbocycles. The molecule has 0 aliphatic rings. The molecule has 3 unspecified atom stereocenters. The summed E-state index contributed by atoms with van der Waals surface area (Å²) in [5, 5.41) is -0.360. The van der Waals surface area contributed by atoms with E-state index in [2.05, 4.69) is 0 Å². The molecule has 0 aromatic rings. The molecule has 4 heteroatoms. The van der Waals surface area contributed by atoms with E-state index in [1.807, 2.05) is 27.7 Å². The van der Waals surface area contributed by atoms with Gasteiger partial charge in [0.05, 0.1) is 11.0 Å². The Labute approximate surface area is 101 Å². The third-order valence-corrected chi connectivity index (χ3v) is 5.82. The van der Waals surface area contributed by atoms with Crippen molar-refractivity contribution in [2.45, 2.75) is 64.7 Å². The zero-order valence-corrected chi connectivity index (χ0v) is 11.9. The van der Waals surface area contributed by atoms with Gasteiger partial charge in [-0.25, -0.2) is 8.42 Å². The molecule has 0 saturated heterocycles. The molecule has 3 nitrogen and oxygen atoms in total. The molecule has 0 aromatic heterocycles. The predicted molar refractivity (Wildman–Crippen MR) is 70.2 cm³/mol. The molecule has 2 N–H and O–H groups in total. The van der Waals surface area contributed by atoms with Crippen molar-refractivity contribution in [2.75, 3.05) is 5.75 Å². The Morgan fingerprint density at radius 2 is 1.69 bits per heavy atom. The Morgan fingerprint density at radius 3 is 2.06 bits per heavy atom. The quantitative estimate of drug-likeness (QED) is 0.718. The highest BCUT2D eigenvalue weighted by molar-refractivity contribution is 7.92. The van der Waals surface area contributed by atoms with Crippen molar-refractivity contribution < 1.29 is 8.42 Å². The minimum Gasteiger partial charge on any atom is -0.327 e. The Bertz CT molecular complexity index is 275. The summed E-state index contributed by atoms with van der Waals surface area (Å²) < 4.78 is 24.3. The van der Waals surface area contributed by atoms with Crippen LogP contribution in [0.25, 0.3) is 0 Å². The van der Waals surface area contributed by atoms with Crippen LogP contribution in [0.1, 0.15) is 53.4 Å². The van der Waals surface area contributed by atoms with E-state index in [-0.39, 0.29) is 23.0 Å². The summed E-state index contributed by atoms with van der Waals surface area (Å²) in [7, 11) is -3.03. The maximum atomic E-state index is 12.2. The van der Waals surface area contributed by atoms with E-state index in [4.69, 9.17) is 5.73 Å². The summed E-state index contributed by atoms with van der Waals surface area (Å²) in [5.74, 6) is 0.507. The summed E-state index contributed by atoms with van der Waals surface area (Å²) in [6.45, 7) is 7.95. The fourth-order valence-electron chi connectivity index (χ4n) is 1.98. The van der Waals surface area contributed by atoms with Gasteiger partial charge < -0.3 is 5.73 Å². The van der Waals surface area contributed by atoms with E-state index in [1.165, 1.54) is 0 Å². The summed E-state index contributed by atoms with van der Waals surface area (Å²) in [4.78, 5) is 0. The van der Waals surface area contributed by atoms with Crippen LogP contribution in [0.15, 0.2) is 0 Å². The van der Waals surface area contributed by atoms with Gasteiger partial charge in [0, 0.05) is 6.04 Å². The average Bonchev–Trinajstić information content (AvgIpc) is 2.17. The topological polar surface area (TPSA) is 60.2 Å². The van der Waals surface area contributed by atoms with E-state index in [9.17, 15) is 8.42 Å². The molecule has 0 spiro atoms. The van der Waals surface area contributed by atoms with Crippen molar-refractivity contribution in [1.29, 1.82) is 0 Å². The van der Waals surface area contributed by atoms with Gasteiger partial charge in [0.2, 0.25) is 0 Å². The lowest BCUT2D eigenvalue weighted by molar-refractivity contribution is 0.504. The maximum absolute atomic E-state index is 12.2. The SMILES string of the molecule is CCCC(N)C(CC)S(=O)(=O)CC(C)CC. The summed E-state index contributed by atoms with van der Waals surface area (Å²) in [5.41, 5.74) is 5.96. The van der Waals surface area contributed by atoms with Crippen LogP contribution in [0.3, 0.4) is 0 Å². The van der Waals surface area contributed by atoms with Gasteiger partial charge in [-0.3, -0.25) is 0 Å². The van der Waals surface area contributed by atoms with E-state index >= 15 is 0 Å².